The minimum Gasteiger partial charge on any atom is -0.207 e. The number of nitrogens with one attached hydrogen (secondary N) is 1. The molecule has 0 saturated carbocycles. The molecule has 0 aliphatic carbocycles. The van der Waals surface area contributed by atoms with Crippen molar-refractivity contribution < 1.29 is 8.42 Å². The van der Waals surface area contributed by atoms with E-state index in [1.54, 1.807) is 36.0 Å². The standard InChI is InChI=1S/C15H15NO2S2/c17-20(18,12-6-2-1-3-7-12)16-14-10-11-19-15-9-5-4-8-13(14)15/h1-9,14,16H,10-11H2/t14-/m1/s1. The van der Waals surface area contributed by atoms with Gasteiger partial charge in [0.05, 0.1) is 4.90 Å². The predicted molar refractivity (Wildman–Crippen MR) is 81.3 cm³/mol. The van der Waals surface area contributed by atoms with E-state index in [-0.39, 0.29) is 6.04 Å². The highest BCUT2D eigenvalue weighted by Gasteiger charge is 2.25. The van der Waals surface area contributed by atoms with Crippen LogP contribution in [0.5, 0.6) is 0 Å². The summed E-state index contributed by atoms with van der Waals surface area (Å²) >= 11 is 1.78. The van der Waals surface area contributed by atoms with Gasteiger partial charge in [-0.15, -0.1) is 11.8 Å². The molecule has 20 heavy (non-hydrogen) atoms. The highest BCUT2D eigenvalue weighted by atomic mass is 32.2. The molecule has 1 atom stereocenters. The van der Waals surface area contributed by atoms with Gasteiger partial charge in [-0.3, -0.25) is 0 Å². The Morgan fingerprint density at radius 1 is 1.00 bits per heavy atom. The molecule has 3 nitrogen and oxygen atoms in total. The average Bonchev–Trinajstić information content (AvgIpc) is 2.48. The molecule has 0 radical (unpaired) electrons. The van der Waals surface area contributed by atoms with Crippen LogP contribution in [0.2, 0.25) is 0 Å². The average molecular weight is 305 g/mol. The number of hydrogen-bond acceptors (Lipinski definition) is 3. The SMILES string of the molecule is O=S(=O)(N[C@@H]1CCSc2ccccc21)c1ccccc1. The van der Waals surface area contributed by atoms with Crippen LogP contribution in [0.3, 0.4) is 0 Å². The third kappa shape index (κ3) is 2.75. The van der Waals surface area contributed by atoms with Crippen LogP contribution in [-0.2, 0) is 10.0 Å². The largest absolute Gasteiger partial charge is 0.241 e. The molecule has 2 aromatic rings. The van der Waals surface area contributed by atoms with E-state index in [2.05, 4.69) is 4.72 Å². The van der Waals surface area contributed by atoms with Crippen molar-refractivity contribution in [2.24, 2.45) is 0 Å². The summed E-state index contributed by atoms with van der Waals surface area (Å²) in [6.07, 6.45) is 0.813. The number of sulfonamides is 1. The molecule has 3 rings (SSSR count). The molecule has 1 aliphatic rings. The Morgan fingerprint density at radius 3 is 2.50 bits per heavy atom. The zero-order chi connectivity index (χ0) is 14.0. The minimum atomic E-state index is -3.46. The summed E-state index contributed by atoms with van der Waals surface area (Å²) in [6.45, 7) is 0. The Kier molecular flexibility index (Phi) is 3.83. The number of hydrogen-bond donors (Lipinski definition) is 1. The number of thioether (sulfide) groups is 1. The predicted octanol–water partition coefficient (Wildman–Crippen LogP) is 3.20. The van der Waals surface area contributed by atoms with Crippen LogP contribution < -0.4 is 4.72 Å². The van der Waals surface area contributed by atoms with Gasteiger partial charge in [-0.2, -0.15) is 0 Å². The second-order valence-corrected chi connectivity index (χ2v) is 7.51. The van der Waals surface area contributed by atoms with E-state index in [0.29, 0.717) is 4.90 Å². The third-order valence-electron chi connectivity index (χ3n) is 3.31. The second kappa shape index (κ2) is 5.60. The van der Waals surface area contributed by atoms with Gasteiger partial charge in [0.15, 0.2) is 0 Å². The van der Waals surface area contributed by atoms with Gasteiger partial charge in [-0.1, -0.05) is 36.4 Å². The lowest BCUT2D eigenvalue weighted by Crippen LogP contribution is -2.30. The Bertz CT molecular complexity index is 699. The molecule has 1 heterocycles. The Labute approximate surface area is 123 Å². The van der Waals surface area contributed by atoms with Crippen LogP contribution in [0, 0.1) is 0 Å². The van der Waals surface area contributed by atoms with Gasteiger partial charge >= 0.3 is 0 Å². The molecule has 0 unspecified atom stereocenters. The molecule has 0 spiro atoms. The minimum absolute atomic E-state index is 0.141. The zero-order valence-corrected chi connectivity index (χ0v) is 12.5. The van der Waals surface area contributed by atoms with Crippen LogP contribution in [0.4, 0.5) is 0 Å². The first kappa shape index (κ1) is 13.7. The highest BCUT2D eigenvalue weighted by Crippen LogP contribution is 2.36. The van der Waals surface area contributed by atoms with Crippen molar-refractivity contribution in [2.75, 3.05) is 5.75 Å². The summed E-state index contributed by atoms with van der Waals surface area (Å²) in [6, 6.07) is 16.4. The van der Waals surface area contributed by atoms with Gasteiger partial charge < -0.3 is 0 Å². The van der Waals surface area contributed by atoms with Crippen molar-refractivity contribution in [1.82, 2.24) is 4.72 Å². The Morgan fingerprint density at radius 2 is 1.70 bits per heavy atom. The molecule has 0 fully saturated rings. The fraction of sp³-hybridized carbons (Fsp3) is 0.200. The van der Waals surface area contributed by atoms with Crippen molar-refractivity contribution in [3.8, 4) is 0 Å². The molecule has 0 bridgehead atoms. The van der Waals surface area contributed by atoms with Crippen LogP contribution in [0.25, 0.3) is 0 Å². The lowest BCUT2D eigenvalue weighted by Gasteiger charge is -2.25. The second-order valence-electron chi connectivity index (χ2n) is 4.66. The van der Waals surface area contributed by atoms with Crippen molar-refractivity contribution in [3.63, 3.8) is 0 Å². The first-order chi connectivity index (χ1) is 9.67. The third-order valence-corrected chi connectivity index (χ3v) is 5.92. The summed E-state index contributed by atoms with van der Waals surface area (Å²) in [4.78, 5) is 1.48. The summed E-state index contributed by atoms with van der Waals surface area (Å²) in [5.74, 6) is 0.930. The van der Waals surface area contributed by atoms with Gasteiger partial charge in [0.1, 0.15) is 0 Å². The van der Waals surface area contributed by atoms with E-state index in [0.717, 1.165) is 17.7 Å². The summed E-state index contributed by atoms with van der Waals surface area (Å²) in [5, 5.41) is 0. The van der Waals surface area contributed by atoms with Crippen LogP contribution in [-0.4, -0.2) is 14.2 Å². The van der Waals surface area contributed by atoms with Crippen molar-refractivity contribution >= 4 is 21.8 Å². The van der Waals surface area contributed by atoms with E-state index >= 15 is 0 Å². The normalized spacial score (nSPS) is 18.5. The smallest absolute Gasteiger partial charge is 0.207 e. The monoisotopic (exact) mass is 305 g/mol. The molecular formula is C15H15NO2S2. The maximum atomic E-state index is 12.4. The van der Waals surface area contributed by atoms with Gasteiger partial charge in [0, 0.05) is 10.9 Å². The van der Waals surface area contributed by atoms with E-state index in [1.165, 1.54) is 4.90 Å². The molecular weight excluding hydrogens is 290 g/mol. The number of benzene rings is 2. The highest BCUT2D eigenvalue weighted by molar-refractivity contribution is 7.99. The van der Waals surface area contributed by atoms with Gasteiger partial charge in [0.2, 0.25) is 10.0 Å². The maximum absolute atomic E-state index is 12.4. The molecule has 0 amide bonds. The van der Waals surface area contributed by atoms with Gasteiger partial charge in [0.25, 0.3) is 0 Å². The van der Waals surface area contributed by atoms with Crippen LogP contribution in [0.15, 0.2) is 64.4 Å². The first-order valence-electron chi connectivity index (χ1n) is 6.46. The van der Waals surface area contributed by atoms with Crippen LogP contribution >= 0.6 is 11.8 Å². The number of fused-ring (bicyclic) bond motifs is 1. The van der Waals surface area contributed by atoms with Gasteiger partial charge in [-0.25, -0.2) is 13.1 Å². The van der Waals surface area contributed by atoms with Crippen molar-refractivity contribution in [3.05, 3.63) is 60.2 Å². The first-order valence-corrected chi connectivity index (χ1v) is 8.93. The lowest BCUT2D eigenvalue weighted by molar-refractivity contribution is 0.546. The molecule has 1 aliphatic heterocycles. The Hall–Kier alpha value is -1.30. The van der Waals surface area contributed by atoms with Crippen molar-refractivity contribution in [2.45, 2.75) is 22.3 Å². The fourth-order valence-corrected chi connectivity index (χ4v) is 4.72. The zero-order valence-electron chi connectivity index (χ0n) is 10.8. The van der Waals surface area contributed by atoms with Crippen molar-refractivity contribution in [1.29, 1.82) is 0 Å². The summed E-state index contributed by atoms with van der Waals surface area (Å²) in [5.41, 5.74) is 1.07. The quantitative estimate of drug-likeness (QED) is 0.947. The molecule has 2 aromatic carbocycles. The van der Waals surface area contributed by atoms with Crippen LogP contribution in [0.1, 0.15) is 18.0 Å². The maximum Gasteiger partial charge on any atom is 0.241 e. The number of rotatable bonds is 3. The summed E-state index contributed by atoms with van der Waals surface area (Å²) in [7, 11) is -3.46. The van der Waals surface area contributed by atoms with E-state index in [9.17, 15) is 8.42 Å². The molecule has 0 saturated heterocycles. The molecule has 1 N–H and O–H groups in total. The molecule has 0 aromatic heterocycles. The van der Waals surface area contributed by atoms with Gasteiger partial charge in [-0.05, 0) is 35.9 Å². The molecule has 5 heteroatoms. The topological polar surface area (TPSA) is 46.2 Å². The lowest BCUT2D eigenvalue weighted by atomic mass is 10.1. The van der Waals surface area contributed by atoms with E-state index in [1.807, 2.05) is 30.3 Å². The molecule has 104 valence electrons. The fourth-order valence-electron chi connectivity index (χ4n) is 2.32. The summed E-state index contributed by atoms with van der Waals surface area (Å²) < 4.78 is 27.6. The Balaban J connectivity index is 1.90. The van der Waals surface area contributed by atoms with E-state index in [4.69, 9.17) is 0 Å². The van der Waals surface area contributed by atoms with E-state index < -0.39 is 10.0 Å².